The first kappa shape index (κ1) is 12.3. The van der Waals surface area contributed by atoms with Gasteiger partial charge in [-0.2, -0.15) is 5.26 Å². The Balaban J connectivity index is 2.52. The van der Waals surface area contributed by atoms with Crippen molar-refractivity contribution in [3.63, 3.8) is 0 Å². The maximum absolute atomic E-state index is 9.55. The highest BCUT2D eigenvalue weighted by molar-refractivity contribution is 6.32. The molecule has 0 unspecified atom stereocenters. The number of ether oxygens (including phenoxy) is 1. The van der Waals surface area contributed by atoms with Crippen LogP contribution in [0.15, 0.2) is 36.4 Å². The highest BCUT2D eigenvalue weighted by atomic mass is 35.5. The van der Waals surface area contributed by atoms with E-state index in [2.05, 4.69) is 0 Å². The number of nitrogens with zero attached hydrogens (tertiary/aromatic N) is 1. The molecule has 0 amide bonds. The number of aromatic hydroxyl groups is 1. The Morgan fingerprint density at radius 2 is 1.94 bits per heavy atom. The predicted molar refractivity (Wildman–Crippen MR) is 69.8 cm³/mol. The smallest absolute Gasteiger partial charge is 0.137 e. The van der Waals surface area contributed by atoms with Gasteiger partial charge in [-0.25, -0.2) is 0 Å². The van der Waals surface area contributed by atoms with Gasteiger partial charge in [-0.3, -0.25) is 0 Å². The second-order valence-corrected chi connectivity index (χ2v) is 4.14. The summed E-state index contributed by atoms with van der Waals surface area (Å²) in [5, 5.41) is 18.9. The summed E-state index contributed by atoms with van der Waals surface area (Å²) >= 11 is 6.04. The van der Waals surface area contributed by atoms with Crippen molar-refractivity contribution in [2.45, 2.75) is 0 Å². The molecule has 2 rings (SSSR count). The van der Waals surface area contributed by atoms with Crippen LogP contribution in [0.5, 0.6) is 11.5 Å². The highest BCUT2D eigenvalue weighted by Crippen LogP contribution is 2.32. The van der Waals surface area contributed by atoms with E-state index >= 15 is 0 Å². The minimum atomic E-state index is 0.0518. The highest BCUT2D eigenvalue weighted by Gasteiger charge is 2.06. The lowest BCUT2D eigenvalue weighted by Crippen LogP contribution is -1.86. The lowest BCUT2D eigenvalue weighted by Gasteiger charge is -2.07. The summed E-state index contributed by atoms with van der Waals surface area (Å²) in [6.07, 6.45) is 0. The molecule has 0 spiro atoms. The van der Waals surface area contributed by atoms with Crippen molar-refractivity contribution in [2.24, 2.45) is 0 Å². The number of phenolic OH excluding ortho intramolecular Hbond substituents is 1. The molecule has 3 nitrogen and oxygen atoms in total. The second kappa shape index (κ2) is 4.99. The van der Waals surface area contributed by atoms with E-state index in [0.29, 0.717) is 16.3 Å². The Labute approximate surface area is 110 Å². The molecule has 4 heteroatoms. The molecule has 1 N–H and O–H groups in total. The summed E-state index contributed by atoms with van der Waals surface area (Å²) in [5.74, 6) is 0.636. The fourth-order valence-electron chi connectivity index (χ4n) is 1.69. The molecule has 0 aliphatic carbocycles. The number of rotatable bonds is 2. The molecule has 0 aliphatic rings. The van der Waals surface area contributed by atoms with E-state index in [-0.39, 0.29) is 5.75 Å². The zero-order valence-corrected chi connectivity index (χ0v) is 10.4. The second-order valence-electron chi connectivity index (χ2n) is 3.73. The molecule has 2 aromatic carbocycles. The molecule has 0 bridgehead atoms. The number of benzene rings is 2. The molecule has 90 valence electrons. The molecule has 0 aliphatic heterocycles. The minimum Gasteiger partial charge on any atom is -0.508 e. The number of halogens is 1. The Morgan fingerprint density at radius 3 is 2.56 bits per heavy atom. The van der Waals surface area contributed by atoms with Crippen molar-refractivity contribution in [3.05, 3.63) is 47.0 Å². The Kier molecular flexibility index (Phi) is 3.40. The van der Waals surface area contributed by atoms with Crippen LogP contribution in [0, 0.1) is 11.3 Å². The third-order valence-corrected chi connectivity index (χ3v) is 2.83. The van der Waals surface area contributed by atoms with Gasteiger partial charge in [0.2, 0.25) is 0 Å². The van der Waals surface area contributed by atoms with Gasteiger partial charge in [0.1, 0.15) is 11.5 Å². The van der Waals surface area contributed by atoms with E-state index < -0.39 is 0 Å². The SMILES string of the molecule is COc1ccc(-c2cc(O)cc(C#N)c2)cc1Cl. The van der Waals surface area contributed by atoms with Crippen molar-refractivity contribution >= 4 is 11.6 Å². The van der Waals surface area contributed by atoms with Crippen LogP contribution in [-0.2, 0) is 0 Å². The van der Waals surface area contributed by atoms with Gasteiger partial charge in [0.25, 0.3) is 0 Å². The van der Waals surface area contributed by atoms with Crippen molar-refractivity contribution in [3.8, 4) is 28.7 Å². The quantitative estimate of drug-likeness (QED) is 0.897. The van der Waals surface area contributed by atoms with Crippen LogP contribution >= 0.6 is 11.6 Å². The van der Waals surface area contributed by atoms with E-state index in [4.69, 9.17) is 21.6 Å². The van der Waals surface area contributed by atoms with Gasteiger partial charge < -0.3 is 9.84 Å². The number of phenols is 1. The maximum atomic E-state index is 9.55. The van der Waals surface area contributed by atoms with Gasteiger partial charge >= 0.3 is 0 Å². The Morgan fingerprint density at radius 1 is 1.17 bits per heavy atom. The van der Waals surface area contributed by atoms with Crippen LogP contribution < -0.4 is 4.74 Å². The van der Waals surface area contributed by atoms with E-state index in [0.717, 1.165) is 11.1 Å². The third-order valence-electron chi connectivity index (χ3n) is 2.53. The van der Waals surface area contributed by atoms with Gasteiger partial charge in [0, 0.05) is 0 Å². The molecule has 0 saturated carbocycles. The van der Waals surface area contributed by atoms with E-state index in [9.17, 15) is 5.11 Å². The fraction of sp³-hybridized carbons (Fsp3) is 0.0714. The largest absolute Gasteiger partial charge is 0.508 e. The van der Waals surface area contributed by atoms with Crippen LogP contribution in [0.3, 0.4) is 0 Å². The van der Waals surface area contributed by atoms with Crippen molar-refractivity contribution in [1.29, 1.82) is 5.26 Å². The van der Waals surface area contributed by atoms with E-state index in [1.54, 1.807) is 31.4 Å². The number of hydrogen-bond acceptors (Lipinski definition) is 3. The first-order chi connectivity index (χ1) is 8.63. The summed E-state index contributed by atoms with van der Waals surface area (Å²) in [6, 6.07) is 12.0. The van der Waals surface area contributed by atoms with Crippen molar-refractivity contribution < 1.29 is 9.84 Å². The molecule has 0 radical (unpaired) electrons. The Bertz CT molecular complexity index is 632. The van der Waals surface area contributed by atoms with Crippen LogP contribution in [0.4, 0.5) is 0 Å². The molecular formula is C14H10ClNO2. The van der Waals surface area contributed by atoms with Crippen molar-refractivity contribution in [2.75, 3.05) is 7.11 Å². The first-order valence-corrected chi connectivity index (χ1v) is 5.60. The third kappa shape index (κ3) is 2.39. The van der Waals surface area contributed by atoms with Crippen LogP contribution in [-0.4, -0.2) is 12.2 Å². The molecule has 18 heavy (non-hydrogen) atoms. The van der Waals surface area contributed by atoms with Crippen LogP contribution in [0.2, 0.25) is 5.02 Å². The van der Waals surface area contributed by atoms with Gasteiger partial charge in [-0.05, 0) is 41.5 Å². The monoisotopic (exact) mass is 259 g/mol. The Hall–Kier alpha value is -2.18. The van der Waals surface area contributed by atoms with Crippen molar-refractivity contribution in [1.82, 2.24) is 0 Å². The number of nitriles is 1. The zero-order valence-electron chi connectivity index (χ0n) is 9.64. The first-order valence-electron chi connectivity index (χ1n) is 5.22. The lowest BCUT2D eigenvalue weighted by atomic mass is 10.0. The molecule has 2 aromatic rings. The zero-order chi connectivity index (χ0) is 13.1. The minimum absolute atomic E-state index is 0.0518. The van der Waals surface area contributed by atoms with Gasteiger partial charge in [0.05, 0.1) is 23.8 Å². The molecule has 0 saturated heterocycles. The molecule has 0 heterocycles. The van der Waals surface area contributed by atoms with E-state index in [1.807, 2.05) is 12.1 Å². The fourth-order valence-corrected chi connectivity index (χ4v) is 1.95. The van der Waals surface area contributed by atoms with E-state index in [1.165, 1.54) is 6.07 Å². The van der Waals surface area contributed by atoms with Gasteiger partial charge in [0.15, 0.2) is 0 Å². The van der Waals surface area contributed by atoms with Gasteiger partial charge in [-0.15, -0.1) is 0 Å². The summed E-state index contributed by atoms with van der Waals surface area (Å²) in [5.41, 5.74) is 1.95. The maximum Gasteiger partial charge on any atom is 0.137 e. The average Bonchev–Trinajstić information content (AvgIpc) is 2.37. The molecular weight excluding hydrogens is 250 g/mol. The molecule has 0 aromatic heterocycles. The predicted octanol–water partition coefficient (Wildman–Crippen LogP) is 3.59. The number of hydrogen-bond donors (Lipinski definition) is 1. The number of methoxy groups -OCH3 is 1. The standard InChI is InChI=1S/C14H10ClNO2/c1-18-14-3-2-10(7-13(14)15)11-4-9(8-16)5-12(17)6-11/h2-7,17H,1H3. The molecule has 0 atom stereocenters. The summed E-state index contributed by atoms with van der Waals surface area (Å²) < 4.78 is 5.07. The van der Waals surface area contributed by atoms with Crippen LogP contribution in [0.25, 0.3) is 11.1 Å². The summed E-state index contributed by atoms with van der Waals surface area (Å²) in [4.78, 5) is 0. The van der Waals surface area contributed by atoms with Crippen LogP contribution in [0.1, 0.15) is 5.56 Å². The lowest BCUT2D eigenvalue weighted by molar-refractivity contribution is 0.415. The summed E-state index contributed by atoms with van der Waals surface area (Å²) in [7, 11) is 1.54. The van der Waals surface area contributed by atoms with Gasteiger partial charge in [-0.1, -0.05) is 17.7 Å². The molecule has 0 fully saturated rings. The average molecular weight is 260 g/mol. The topological polar surface area (TPSA) is 53.2 Å². The summed E-state index contributed by atoms with van der Waals surface area (Å²) in [6.45, 7) is 0. The normalized spacial score (nSPS) is 9.83.